The zero-order valence-corrected chi connectivity index (χ0v) is 57.6. The van der Waals surface area contributed by atoms with Gasteiger partial charge in [0.25, 0.3) is 0 Å². The minimum Gasteiger partial charge on any atom is -0.455 e. The lowest BCUT2D eigenvalue weighted by Gasteiger charge is -2.20. The van der Waals surface area contributed by atoms with Gasteiger partial charge in [0.2, 0.25) is 0 Å². The van der Waals surface area contributed by atoms with Gasteiger partial charge in [0.05, 0.1) is 0 Å². The van der Waals surface area contributed by atoms with E-state index in [0.717, 1.165) is 66.1 Å². The van der Waals surface area contributed by atoms with Gasteiger partial charge in [-0.2, -0.15) is 0 Å². The minimum absolute atomic E-state index is 0.898. The standard InChI is InChI=1S/C52H32O.C48H30O.2CH4/c1-2-14-34(15-3-1)39-23-12-24-47-48-32-37(27-30-49(48)53-52(39)47)50-42-19-8-10-21-44(42)51(45-22-11-9-20-43(45)50)46-29-28-38(40-17-6-7-18-41(40)46)36-26-25-33-13-4-5-16-35(33)31-36;1-3-12-31(13-4-1)34-24-22-32-23-25-35(29-37(32)28-34)46-39-16-7-9-18-41(39)47(42-19-10-8-17-40(42)46)36-26-27-45-44(30-36)43-21-11-20-38(48(43)49-45)33-14-5-2-6-15-33;;/h1-32H;1-30H;2*1H4/i;;2*1D. The van der Waals surface area contributed by atoms with Gasteiger partial charge in [-0.1, -0.05) is 348 Å². The fourth-order valence-corrected chi connectivity index (χ4v) is 16.4. The van der Waals surface area contributed by atoms with Crippen LogP contribution in [0.1, 0.15) is 17.5 Å². The van der Waals surface area contributed by atoms with Crippen molar-refractivity contribution < 1.29 is 11.6 Å². The topological polar surface area (TPSA) is 26.3 Å². The maximum atomic E-state index is 6.58. The highest BCUT2D eigenvalue weighted by Crippen LogP contribution is 2.50. The van der Waals surface area contributed by atoms with Crippen molar-refractivity contribution in [2.75, 3.05) is 0 Å². The fraction of sp³-hybridized carbons (Fsp3) is 0.0196. The van der Waals surface area contributed by atoms with Crippen molar-refractivity contribution in [3.63, 3.8) is 0 Å². The van der Waals surface area contributed by atoms with E-state index >= 15 is 0 Å². The van der Waals surface area contributed by atoms with E-state index in [9.17, 15) is 0 Å². The Kier molecular flexibility index (Phi) is 15.1. The molecule has 0 N–H and O–H groups in total. The summed E-state index contributed by atoms with van der Waals surface area (Å²) in [5, 5.41) is 22.0. The normalized spacial score (nSPS) is 11.6. The molecule has 490 valence electrons. The molecule has 0 spiro atoms. The number of furan rings is 2. The van der Waals surface area contributed by atoms with Crippen molar-refractivity contribution in [3.8, 4) is 89.0 Å². The van der Waals surface area contributed by atoms with Crippen LogP contribution in [0.2, 0.25) is 0 Å². The van der Waals surface area contributed by atoms with Gasteiger partial charge >= 0.3 is 0 Å². The van der Waals surface area contributed by atoms with Crippen LogP contribution in [0.4, 0.5) is 0 Å². The number of fused-ring (bicyclic) bond motifs is 13. The highest BCUT2D eigenvalue weighted by atomic mass is 16.3. The zero-order valence-electron chi connectivity index (χ0n) is 59.6. The Morgan fingerprint density at radius 1 is 0.163 bits per heavy atom. The summed E-state index contributed by atoms with van der Waals surface area (Å²) in [6.45, 7) is 0. The summed E-state index contributed by atoms with van der Waals surface area (Å²) in [4.78, 5) is 0. The van der Waals surface area contributed by atoms with Crippen molar-refractivity contribution in [2.45, 2.75) is 14.8 Å². The molecule has 0 aliphatic rings. The first-order chi connectivity index (χ1) is 52.6. The Balaban J connectivity index is 0.000000144. The molecule has 0 atom stereocenters. The largest absolute Gasteiger partial charge is 0.455 e. The maximum absolute atomic E-state index is 6.58. The van der Waals surface area contributed by atoms with Crippen LogP contribution >= 0.6 is 0 Å². The second kappa shape index (κ2) is 26.0. The van der Waals surface area contributed by atoms with Crippen LogP contribution in [-0.2, 0) is 0 Å². The molecule has 0 amide bonds. The fourth-order valence-electron chi connectivity index (χ4n) is 16.4. The van der Waals surface area contributed by atoms with Crippen LogP contribution < -0.4 is 0 Å². The van der Waals surface area contributed by atoms with Gasteiger partial charge in [-0.3, -0.25) is 0 Å². The monoisotopic (exact) mass is 1330 g/mol. The Bertz CT molecular complexity index is 6820. The number of hydrogen-bond acceptors (Lipinski definition) is 2. The predicted octanol–water partition coefficient (Wildman–Crippen LogP) is 29.9. The van der Waals surface area contributed by atoms with Gasteiger partial charge in [0.15, 0.2) is 0 Å². The SMILES string of the molecule is [2H]C.[2H]C.c1ccc(-c2ccc3ccc(-c4c5ccccc5c(-c5ccc6oc7c(-c8ccccc8)cccc7c6c5)c5ccccc45)cc3c2)cc1.c1ccc(-c2cccc3c2oc2ccc(-c4c5ccccc5c(-c5ccc(-c6ccc7ccccc7c6)c6ccccc56)c5ccccc45)cc23)cc1. The third kappa shape index (κ3) is 10.5. The third-order valence-corrected chi connectivity index (χ3v) is 21.1. The first-order valence-electron chi connectivity index (χ1n) is 37.1. The van der Waals surface area contributed by atoms with Gasteiger partial charge in [0.1, 0.15) is 22.3 Å². The average molecular weight is 1330 g/mol. The third-order valence-electron chi connectivity index (χ3n) is 21.1. The lowest BCUT2D eigenvalue weighted by atomic mass is 9.83. The van der Waals surface area contributed by atoms with Crippen LogP contribution in [0, 0.1) is 0 Å². The smallest absolute Gasteiger partial charge is 0.143 e. The van der Waals surface area contributed by atoms with E-state index in [4.69, 9.17) is 11.6 Å². The number of hydrogen-bond donors (Lipinski definition) is 0. The predicted molar refractivity (Wildman–Crippen MR) is 447 cm³/mol. The summed E-state index contributed by atoms with van der Waals surface area (Å²) in [5.74, 6) is 0. The number of para-hydroxylation sites is 2. The molecule has 19 aromatic carbocycles. The van der Waals surface area contributed by atoms with Crippen LogP contribution in [0.5, 0.6) is 0 Å². The minimum atomic E-state index is 0.898. The van der Waals surface area contributed by atoms with E-state index in [2.05, 4.69) is 376 Å². The lowest BCUT2D eigenvalue weighted by Crippen LogP contribution is -1.92. The van der Waals surface area contributed by atoms with Gasteiger partial charge < -0.3 is 8.83 Å². The summed E-state index contributed by atoms with van der Waals surface area (Å²) in [5.41, 5.74) is 23.0. The van der Waals surface area contributed by atoms with Crippen LogP contribution in [0.25, 0.3) is 208 Å². The first kappa shape index (κ1) is 60.6. The second-order valence-electron chi connectivity index (χ2n) is 26.8. The molecule has 0 radical (unpaired) electrons. The van der Waals surface area contributed by atoms with Gasteiger partial charge in [-0.05, 0) is 196 Å². The molecular weight excluding hydrogens is 1260 g/mol. The molecule has 0 aliphatic heterocycles. The highest BCUT2D eigenvalue weighted by Gasteiger charge is 2.23. The van der Waals surface area contributed by atoms with Crippen molar-refractivity contribution in [3.05, 3.63) is 376 Å². The Hall–Kier alpha value is -13.4. The quantitative estimate of drug-likeness (QED) is 0.142. The van der Waals surface area contributed by atoms with Crippen LogP contribution in [0.3, 0.4) is 0 Å². The summed E-state index contributed by atoms with van der Waals surface area (Å²) >= 11 is 0. The van der Waals surface area contributed by atoms with Crippen LogP contribution in [0.15, 0.2) is 385 Å². The van der Waals surface area contributed by atoms with Gasteiger partial charge in [-0.15, -0.1) is 0 Å². The Morgan fingerprint density at radius 2 is 0.481 bits per heavy atom. The van der Waals surface area contributed by atoms with E-state index in [1.807, 2.05) is 0 Å². The van der Waals surface area contributed by atoms with Gasteiger partial charge in [0, 0.05) is 35.4 Å². The molecule has 21 aromatic rings. The van der Waals surface area contributed by atoms with Crippen molar-refractivity contribution >= 4 is 119 Å². The molecular formula is C102H70O2. The van der Waals surface area contributed by atoms with Gasteiger partial charge in [-0.25, -0.2) is 0 Å². The Morgan fingerprint density at radius 3 is 0.952 bits per heavy atom. The van der Waals surface area contributed by atoms with Crippen molar-refractivity contribution in [2.24, 2.45) is 0 Å². The molecule has 2 aromatic heterocycles. The molecule has 0 fully saturated rings. The molecule has 0 unspecified atom stereocenters. The maximum Gasteiger partial charge on any atom is 0.143 e. The summed E-state index contributed by atoms with van der Waals surface area (Å²) < 4.78 is 24.6. The van der Waals surface area contributed by atoms with E-state index in [0.29, 0.717) is 0 Å². The molecule has 21 rings (SSSR count). The van der Waals surface area contributed by atoms with Crippen molar-refractivity contribution in [1.82, 2.24) is 0 Å². The molecule has 2 nitrogen and oxygen atoms in total. The number of rotatable bonds is 8. The summed E-state index contributed by atoms with van der Waals surface area (Å²) in [6, 6.07) is 136. The number of benzene rings is 19. The molecule has 0 bridgehead atoms. The average Bonchev–Trinajstić information content (AvgIpc) is 0.813. The molecule has 2 heteroatoms. The highest BCUT2D eigenvalue weighted by molar-refractivity contribution is 6.26. The Labute approximate surface area is 607 Å². The second-order valence-corrected chi connectivity index (χ2v) is 26.8. The van der Waals surface area contributed by atoms with E-state index < -0.39 is 0 Å². The molecule has 104 heavy (non-hydrogen) atoms. The van der Waals surface area contributed by atoms with Crippen molar-refractivity contribution in [1.29, 1.82) is 0 Å². The molecule has 0 aliphatic carbocycles. The van der Waals surface area contributed by atoms with E-state index in [1.54, 1.807) is 0 Å². The molecule has 0 saturated heterocycles. The van der Waals surface area contributed by atoms with Crippen LogP contribution in [-0.4, -0.2) is 0 Å². The molecule has 2 heterocycles. The summed E-state index contributed by atoms with van der Waals surface area (Å²) in [6.07, 6.45) is 0. The first-order valence-corrected chi connectivity index (χ1v) is 35.1. The lowest BCUT2D eigenvalue weighted by molar-refractivity contribution is 0.669. The van der Waals surface area contributed by atoms with E-state index in [1.165, 1.54) is 157 Å². The van der Waals surface area contributed by atoms with E-state index in [-0.39, 0.29) is 0 Å². The zero-order chi connectivity index (χ0) is 71.2. The molecule has 0 saturated carbocycles. The summed E-state index contributed by atoms with van der Waals surface area (Å²) in [7, 11) is 2.50.